The van der Waals surface area contributed by atoms with E-state index in [0.717, 1.165) is 18.2 Å². The van der Waals surface area contributed by atoms with Crippen LogP contribution in [0.1, 0.15) is 11.7 Å². The minimum atomic E-state index is -1.55. The first kappa shape index (κ1) is 19.4. The molecular formula is C16H12N6O7. The number of hydrogen-bond acceptors (Lipinski definition) is 9. The average Bonchev–Trinajstić information content (AvgIpc) is 2.70. The molecule has 0 radical (unpaired) electrons. The first-order valence-corrected chi connectivity index (χ1v) is 7.93. The molecule has 0 fully saturated rings. The Bertz CT molecular complexity index is 1050. The Kier molecular flexibility index (Phi) is 5.14. The number of anilines is 2. The molecule has 1 unspecified atom stereocenters. The van der Waals surface area contributed by atoms with E-state index in [1.165, 1.54) is 24.3 Å². The van der Waals surface area contributed by atoms with Gasteiger partial charge in [0.15, 0.2) is 0 Å². The number of carbonyl (C=O) groups excluding carboxylic acids is 1. The number of amides is 1. The van der Waals surface area contributed by atoms with Gasteiger partial charge in [-0.15, -0.1) is 4.91 Å². The highest BCUT2D eigenvalue weighted by Crippen LogP contribution is 2.34. The Hall–Kier alpha value is -4.39. The van der Waals surface area contributed by atoms with Crippen molar-refractivity contribution in [3.05, 3.63) is 84.6 Å². The maximum Gasteiger partial charge on any atom is 0.274 e. The van der Waals surface area contributed by atoms with Crippen molar-refractivity contribution in [2.24, 2.45) is 5.29 Å². The van der Waals surface area contributed by atoms with E-state index in [-0.39, 0.29) is 39.7 Å². The Balaban J connectivity index is 2.00. The van der Waals surface area contributed by atoms with Gasteiger partial charge in [0.1, 0.15) is 11.8 Å². The number of aliphatic hydroxyl groups is 1. The van der Waals surface area contributed by atoms with Gasteiger partial charge >= 0.3 is 0 Å². The van der Waals surface area contributed by atoms with Crippen molar-refractivity contribution in [2.45, 2.75) is 6.10 Å². The van der Waals surface area contributed by atoms with Crippen molar-refractivity contribution < 1.29 is 19.7 Å². The van der Waals surface area contributed by atoms with Gasteiger partial charge < -0.3 is 15.7 Å². The minimum absolute atomic E-state index is 0.135. The summed E-state index contributed by atoms with van der Waals surface area (Å²) in [7, 11) is 0. The van der Waals surface area contributed by atoms with Crippen molar-refractivity contribution >= 4 is 28.7 Å². The van der Waals surface area contributed by atoms with Crippen LogP contribution in [-0.2, 0) is 4.79 Å². The van der Waals surface area contributed by atoms with Gasteiger partial charge in [0.2, 0.25) is 0 Å². The smallest absolute Gasteiger partial charge is 0.274 e. The van der Waals surface area contributed by atoms with Gasteiger partial charge in [0.05, 0.1) is 32.2 Å². The molecule has 0 saturated heterocycles. The predicted octanol–water partition coefficient (Wildman–Crippen LogP) is 2.08. The number of fused-ring (bicyclic) bond motifs is 1. The Labute approximate surface area is 161 Å². The second kappa shape index (κ2) is 7.69. The maximum atomic E-state index is 12.4. The Morgan fingerprint density at radius 1 is 1.00 bits per heavy atom. The van der Waals surface area contributed by atoms with Crippen LogP contribution in [0.4, 0.5) is 22.7 Å². The Morgan fingerprint density at radius 2 is 1.62 bits per heavy atom. The summed E-state index contributed by atoms with van der Waals surface area (Å²) in [6, 6.07) is 8.52. The first-order chi connectivity index (χ1) is 13.8. The highest BCUT2D eigenvalue weighted by Gasteiger charge is 2.29. The molecule has 3 rings (SSSR count). The molecule has 1 aliphatic heterocycles. The maximum absolute atomic E-state index is 12.4. The molecule has 2 aromatic carbocycles. The molecule has 1 aliphatic rings. The third kappa shape index (κ3) is 3.84. The van der Waals surface area contributed by atoms with Crippen LogP contribution in [0.15, 0.2) is 59.1 Å². The third-order valence-electron chi connectivity index (χ3n) is 4.08. The standard InChI is InChI=1S/C16H12N6O7/c23-15(8-1-3-9(4-2-8)21(26)27)13(19-20-25)14-16(24)18-12-7-10(22(28)29)5-6-11(12)17-14/h1-7,15,17,23H,(H,18,24)(H,19,25)/b14-13+. The lowest BCUT2D eigenvalue weighted by Crippen LogP contribution is -2.31. The molecule has 0 bridgehead atoms. The summed E-state index contributed by atoms with van der Waals surface area (Å²) in [5.74, 6) is -0.787. The average molecular weight is 400 g/mol. The summed E-state index contributed by atoms with van der Waals surface area (Å²) in [5.41, 5.74) is 1.57. The van der Waals surface area contributed by atoms with Crippen LogP contribution in [0.5, 0.6) is 0 Å². The number of non-ortho nitro benzene ring substituents is 2. The van der Waals surface area contributed by atoms with E-state index < -0.39 is 21.9 Å². The number of nitrogens with zero attached hydrogens (tertiary/aromatic N) is 3. The van der Waals surface area contributed by atoms with E-state index in [0.29, 0.717) is 0 Å². The number of aliphatic hydroxyl groups excluding tert-OH is 1. The molecule has 13 nitrogen and oxygen atoms in total. The minimum Gasteiger partial charge on any atom is -0.382 e. The van der Waals surface area contributed by atoms with Crippen LogP contribution in [0.2, 0.25) is 0 Å². The molecule has 1 amide bonds. The van der Waals surface area contributed by atoms with Crippen LogP contribution >= 0.6 is 0 Å². The molecule has 13 heteroatoms. The summed E-state index contributed by atoms with van der Waals surface area (Å²) in [5, 5.41) is 39.8. The molecule has 0 saturated carbocycles. The molecule has 2 aromatic rings. The molecule has 1 heterocycles. The van der Waals surface area contributed by atoms with Crippen molar-refractivity contribution in [1.29, 1.82) is 0 Å². The molecular weight excluding hydrogens is 388 g/mol. The number of nitro benzene ring substituents is 2. The van der Waals surface area contributed by atoms with Gasteiger partial charge in [-0.3, -0.25) is 25.0 Å². The highest BCUT2D eigenvalue weighted by atomic mass is 16.6. The topological polar surface area (TPSA) is 189 Å². The second-order valence-electron chi connectivity index (χ2n) is 5.81. The lowest BCUT2D eigenvalue weighted by molar-refractivity contribution is -0.385. The number of nitro groups is 2. The quantitative estimate of drug-likeness (QED) is 0.243. The van der Waals surface area contributed by atoms with Crippen LogP contribution in [0.25, 0.3) is 0 Å². The summed E-state index contributed by atoms with van der Waals surface area (Å²) in [4.78, 5) is 43.6. The lowest BCUT2D eigenvalue weighted by atomic mass is 10.0. The van der Waals surface area contributed by atoms with Crippen molar-refractivity contribution in [2.75, 3.05) is 10.6 Å². The molecule has 0 aliphatic carbocycles. The van der Waals surface area contributed by atoms with Crippen LogP contribution in [-0.4, -0.2) is 20.9 Å². The fourth-order valence-electron chi connectivity index (χ4n) is 2.67. The van der Waals surface area contributed by atoms with Crippen molar-refractivity contribution in [3.63, 3.8) is 0 Å². The zero-order valence-corrected chi connectivity index (χ0v) is 14.4. The predicted molar refractivity (Wildman–Crippen MR) is 99.4 cm³/mol. The van der Waals surface area contributed by atoms with E-state index in [9.17, 15) is 35.0 Å². The van der Waals surface area contributed by atoms with Gasteiger partial charge in [-0.1, -0.05) is 0 Å². The normalized spacial score (nSPS) is 15.3. The number of hydrogen-bond donors (Lipinski definition) is 4. The second-order valence-corrected chi connectivity index (χ2v) is 5.81. The van der Waals surface area contributed by atoms with Gasteiger partial charge in [-0.05, 0) is 23.8 Å². The number of nitrogens with one attached hydrogen (secondary N) is 3. The van der Waals surface area contributed by atoms with E-state index >= 15 is 0 Å². The fourth-order valence-corrected chi connectivity index (χ4v) is 2.67. The fraction of sp³-hybridized carbons (Fsp3) is 0.0625. The molecule has 0 spiro atoms. The molecule has 29 heavy (non-hydrogen) atoms. The van der Waals surface area contributed by atoms with Gasteiger partial charge in [0, 0.05) is 24.3 Å². The highest BCUT2D eigenvalue weighted by molar-refractivity contribution is 6.11. The van der Waals surface area contributed by atoms with Crippen LogP contribution < -0.4 is 16.1 Å². The van der Waals surface area contributed by atoms with E-state index in [1.807, 2.05) is 5.43 Å². The third-order valence-corrected chi connectivity index (χ3v) is 4.08. The monoisotopic (exact) mass is 400 g/mol. The van der Waals surface area contributed by atoms with Crippen molar-refractivity contribution in [1.82, 2.24) is 5.43 Å². The molecule has 4 N–H and O–H groups in total. The zero-order chi connectivity index (χ0) is 21.1. The van der Waals surface area contributed by atoms with E-state index in [4.69, 9.17) is 0 Å². The van der Waals surface area contributed by atoms with Crippen molar-refractivity contribution in [3.8, 4) is 0 Å². The summed E-state index contributed by atoms with van der Waals surface area (Å²) >= 11 is 0. The number of nitroso groups, excluding NO2 is 1. The Morgan fingerprint density at radius 3 is 2.21 bits per heavy atom. The van der Waals surface area contributed by atoms with Gasteiger partial charge in [-0.25, -0.2) is 5.43 Å². The summed E-state index contributed by atoms with van der Waals surface area (Å²) in [6.07, 6.45) is -1.55. The number of benzene rings is 2. The zero-order valence-electron chi connectivity index (χ0n) is 14.4. The van der Waals surface area contributed by atoms with Gasteiger partial charge in [0.25, 0.3) is 17.3 Å². The van der Waals surface area contributed by atoms with Crippen LogP contribution in [0.3, 0.4) is 0 Å². The number of rotatable bonds is 6. The lowest BCUT2D eigenvalue weighted by Gasteiger charge is -2.24. The van der Waals surface area contributed by atoms with E-state index in [2.05, 4.69) is 15.9 Å². The molecule has 0 aromatic heterocycles. The summed E-state index contributed by atoms with van der Waals surface area (Å²) < 4.78 is 0. The SMILES string of the molecule is O=NN/C(=C1/Nc2ccc([N+](=O)[O-])cc2NC1=O)C(O)c1ccc([N+](=O)[O-])cc1. The van der Waals surface area contributed by atoms with E-state index in [1.54, 1.807) is 0 Å². The largest absolute Gasteiger partial charge is 0.382 e. The van der Waals surface area contributed by atoms with Gasteiger partial charge in [-0.2, -0.15) is 0 Å². The summed E-state index contributed by atoms with van der Waals surface area (Å²) in [6.45, 7) is 0. The first-order valence-electron chi connectivity index (χ1n) is 7.93. The van der Waals surface area contributed by atoms with Crippen LogP contribution in [0, 0.1) is 25.1 Å². The molecule has 1 atom stereocenters. The number of carbonyl (C=O) groups is 1. The molecule has 148 valence electrons.